The number of anilines is 1. The van der Waals surface area contributed by atoms with E-state index in [1.165, 1.54) is 29.4 Å². The third kappa shape index (κ3) is 4.26. The van der Waals surface area contributed by atoms with Gasteiger partial charge in [0.25, 0.3) is 11.7 Å². The predicted octanol–water partition coefficient (Wildman–Crippen LogP) is 5.60. The molecule has 2 heterocycles. The molecule has 0 radical (unpaired) electrons. The van der Waals surface area contributed by atoms with Gasteiger partial charge in [-0.25, -0.2) is 4.39 Å². The lowest BCUT2D eigenvalue weighted by Crippen LogP contribution is -2.29. The molecule has 1 saturated heterocycles. The van der Waals surface area contributed by atoms with Crippen molar-refractivity contribution in [3.05, 3.63) is 94.0 Å². The maximum atomic E-state index is 13.8. The smallest absolute Gasteiger partial charge is 0.300 e. The molecule has 8 heteroatoms. The van der Waals surface area contributed by atoms with Gasteiger partial charge in [0.05, 0.1) is 23.2 Å². The van der Waals surface area contributed by atoms with Gasteiger partial charge in [-0.15, -0.1) is 0 Å². The van der Waals surface area contributed by atoms with Crippen molar-refractivity contribution in [2.75, 3.05) is 11.5 Å². The molecule has 2 aromatic carbocycles. The Labute approximate surface area is 201 Å². The number of hydrogen-bond acceptors (Lipinski definition) is 5. The van der Waals surface area contributed by atoms with Gasteiger partial charge in [0.15, 0.2) is 0 Å². The predicted molar refractivity (Wildman–Crippen MR) is 127 cm³/mol. The fourth-order valence-corrected chi connectivity index (χ4v) is 4.10. The molecule has 0 saturated carbocycles. The number of benzene rings is 2. The summed E-state index contributed by atoms with van der Waals surface area (Å²) >= 11 is 5.95. The quantitative estimate of drug-likeness (QED) is 0.282. The lowest BCUT2D eigenvalue weighted by molar-refractivity contribution is -0.132. The highest BCUT2D eigenvalue weighted by molar-refractivity contribution is 6.51. The van der Waals surface area contributed by atoms with E-state index in [0.29, 0.717) is 23.5 Å². The molecule has 0 aliphatic carbocycles. The number of nitrogens with zero attached hydrogens (tertiary/aromatic N) is 2. The van der Waals surface area contributed by atoms with E-state index in [0.717, 1.165) is 18.1 Å². The summed E-state index contributed by atoms with van der Waals surface area (Å²) in [6.07, 6.45) is 3.90. The molecule has 1 aliphatic rings. The van der Waals surface area contributed by atoms with Crippen LogP contribution < -0.4 is 9.64 Å². The zero-order valence-electron chi connectivity index (χ0n) is 18.6. The summed E-state index contributed by atoms with van der Waals surface area (Å²) in [5.74, 6) is -2.01. The normalized spacial score (nSPS) is 17.3. The van der Waals surface area contributed by atoms with Gasteiger partial charge in [0.2, 0.25) is 0 Å². The molecule has 6 nitrogen and oxygen atoms in total. The first-order valence-electron chi connectivity index (χ1n) is 10.7. The Morgan fingerprint density at radius 3 is 2.53 bits per heavy atom. The summed E-state index contributed by atoms with van der Waals surface area (Å²) in [5, 5.41) is 11.0. The monoisotopic (exact) mass is 480 g/mol. The number of aliphatic hydroxyl groups is 1. The minimum atomic E-state index is -0.958. The van der Waals surface area contributed by atoms with E-state index in [9.17, 15) is 19.1 Å². The van der Waals surface area contributed by atoms with Crippen LogP contribution in [-0.4, -0.2) is 28.4 Å². The number of ether oxygens (including phenoxy) is 1. The average molecular weight is 481 g/mol. The fourth-order valence-electron chi connectivity index (χ4n) is 3.92. The topological polar surface area (TPSA) is 79.7 Å². The molecule has 34 heavy (non-hydrogen) atoms. The minimum Gasteiger partial charge on any atom is -0.507 e. The summed E-state index contributed by atoms with van der Waals surface area (Å²) in [7, 11) is 0. The van der Waals surface area contributed by atoms with E-state index in [2.05, 4.69) is 4.98 Å². The van der Waals surface area contributed by atoms with Crippen LogP contribution >= 0.6 is 11.6 Å². The SMILES string of the molecule is CCCOc1ccc(/C(O)=C2\C(=O)C(=O)N(c3ccc(F)c(Cl)c3)C2c2ccncc2)cc1C. The number of Topliss-reactive ketones (excluding diaryl/α,β-unsaturated/α-hetero) is 1. The second kappa shape index (κ2) is 9.65. The van der Waals surface area contributed by atoms with Crippen LogP contribution in [-0.2, 0) is 9.59 Å². The second-order valence-corrected chi connectivity index (χ2v) is 8.28. The van der Waals surface area contributed by atoms with Crippen molar-refractivity contribution in [2.45, 2.75) is 26.3 Å². The largest absolute Gasteiger partial charge is 0.507 e. The van der Waals surface area contributed by atoms with Crippen LogP contribution in [0.2, 0.25) is 5.02 Å². The lowest BCUT2D eigenvalue weighted by Gasteiger charge is -2.25. The molecule has 3 aromatic rings. The van der Waals surface area contributed by atoms with Gasteiger partial charge in [-0.2, -0.15) is 0 Å². The number of aryl methyl sites for hydroxylation is 1. The highest BCUT2D eigenvalue weighted by Crippen LogP contribution is 2.43. The molecule has 1 N–H and O–H groups in total. The highest BCUT2D eigenvalue weighted by Gasteiger charge is 2.47. The van der Waals surface area contributed by atoms with Crippen LogP contribution in [0.25, 0.3) is 5.76 Å². The average Bonchev–Trinajstić information content (AvgIpc) is 3.10. The van der Waals surface area contributed by atoms with E-state index >= 15 is 0 Å². The molecule has 1 unspecified atom stereocenters. The Balaban J connectivity index is 1.87. The first-order chi connectivity index (χ1) is 16.3. The van der Waals surface area contributed by atoms with Gasteiger partial charge in [-0.3, -0.25) is 19.5 Å². The number of hydrogen-bond donors (Lipinski definition) is 1. The van der Waals surface area contributed by atoms with Crippen LogP contribution in [0.15, 0.2) is 66.5 Å². The molecule has 1 aliphatic heterocycles. The van der Waals surface area contributed by atoms with Crippen LogP contribution in [0.1, 0.15) is 36.1 Å². The zero-order valence-corrected chi connectivity index (χ0v) is 19.3. The zero-order chi connectivity index (χ0) is 24.4. The Bertz CT molecular complexity index is 1290. The summed E-state index contributed by atoms with van der Waals surface area (Å²) in [4.78, 5) is 31.5. The van der Waals surface area contributed by atoms with Crippen molar-refractivity contribution in [3.63, 3.8) is 0 Å². The van der Waals surface area contributed by atoms with Crippen LogP contribution in [0.5, 0.6) is 5.75 Å². The Hall–Kier alpha value is -3.71. The van der Waals surface area contributed by atoms with Gasteiger partial charge in [-0.1, -0.05) is 18.5 Å². The van der Waals surface area contributed by atoms with Crippen molar-refractivity contribution in [2.24, 2.45) is 0 Å². The van der Waals surface area contributed by atoms with E-state index in [-0.39, 0.29) is 22.0 Å². The van der Waals surface area contributed by atoms with E-state index < -0.39 is 23.5 Å². The minimum absolute atomic E-state index is 0.0849. The molecule has 4 rings (SSSR count). The second-order valence-electron chi connectivity index (χ2n) is 7.88. The first kappa shape index (κ1) is 23.4. The van der Waals surface area contributed by atoms with Gasteiger partial charge in [0, 0.05) is 23.6 Å². The third-order valence-corrected chi connectivity index (χ3v) is 5.85. The maximum absolute atomic E-state index is 13.8. The maximum Gasteiger partial charge on any atom is 0.300 e. The fraction of sp³-hybridized carbons (Fsp3) is 0.192. The Morgan fingerprint density at radius 1 is 1.15 bits per heavy atom. The number of amides is 1. The number of pyridine rings is 1. The van der Waals surface area contributed by atoms with Gasteiger partial charge in [-0.05, 0) is 73.0 Å². The van der Waals surface area contributed by atoms with Crippen LogP contribution in [0.3, 0.4) is 0 Å². The van der Waals surface area contributed by atoms with Crippen molar-refractivity contribution in [3.8, 4) is 5.75 Å². The van der Waals surface area contributed by atoms with Gasteiger partial charge >= 0.3 is 0 Å². The highest BCUT2D eigenvalue weighted by atomic mass is 35.5. The van der Waals surface area contributed by atoms with Crippen molar-refractivity contribution < 1.29 is 23.8 Å². The number of carbonyl (C=O) groups is 2. The summed E-state index contributed by atoms with van der Waals surface area (Å²) in [5.41, 5.74) is 1.84. The molecule has 1 aromatic heterocycles. The van der Waals surface area contributed by atoms with Crippen molar-refractivity contribution in [1.29, 1.82) is 0 Å². The standard InChI is InChI=1S/C26H22ClFN2O4/c1-3-12-34-21-7-4-17(13-15(21)2)24(31)22-23(16-8-10-29-11-9-16)30(26(33)25(22)32)18-5-6-20(28)19(27)14-18/h4-11,13-14,23,31H,3,12H2,1-2H3/b24-22+. The third-order valence-electron chi connectivity index (χ3n) is 5.56. The Kier molecular flexibility index (Phi) is 6.65. The van der Waals surface area contributed by atoms with E-state index in [1.54, 1.807) is 30.3 Å². The lowest BCUT2D eigenvalue weighted by atomic mass is 9.95. The van der Waals surface area contributed by atoms with E-state index in [1.807, 2.05) is 13.8 Å². The molecule has 0 spiro atoms. The first-order valence-corrected chi connectivity index (χ1v) is 11.1. The molecule has 1 atom stereocenters. The summed E-state index contributed by atoms with van der Waals surface area (Å²) < 4.78 is 19.5. The molecule has 174 valence electrons. The molecule has 0 bridgehead atoms. The van der Waals surface area contributed by atoms with Gasteiger partial charge in [0.1, 0.15) is 17.3 Å². The van der Waals surface area contributed by atoms with Crippen molar-refractivity contribution >= 4 is 34.7 Å². The molecular formula is C26H22ClFN2O4. The van der Waals surface area contributed by atoms with Crippen LogP contribution in [0.4, 0.5) is 10.1 Å². The number of aromatic nitrogens is 1. The number of carbonyl (C=O) groups excluding carboxylic acids is 2. The van der Waals surface area contributed by atoms with E-state index in [4.69, 9.17) is 16.3 Å². The number of halogens is 2. The Morgan fingerprint density at radius 2 is 1.88 bits per heavy atom. The summed E-state index contributed by atoms with van der Waals surface area (Å²) in [6.45, 7) is 4.39. The van der Waals surface area contributed by atoms with Crippen molar-refractivity contribution in [1.82, 2.24) is 4.98 Å². The van der Waals surface area contributed by atoms with Gasteiger partial charge < -0.3 is 9.84 Å². The number of aliphatic hydroxyl groups excluding tert-OH is 1. The molecular weight excluding hydrogens is 459 g/mol. The summed E-state index contributed by atoms with van der Waals surface area (Å²) in [6, 6.07) is 11.2. The number of rotatable bonds is 6. The van der Waals surface area contributed by atoms with Crippen LogP contribution in [0, 0.1) is 12.7 Å². The molecule has 1 amide bonds. The number of ketones is 1. The molecule has 1 fully saturated rings.